The molecule has 1 aromatic heterocycles. The summed E-state index contributed by atoms with van der Waals surface area (Å²) in [5.74, 6) is 0.123. The van der Waals surface area contributed by atoms with Crippen LogP contribution in [-0.4, -0.2) is 11.6 Å². The standard InChI is InChI=1S/C13H14F2N2OS/c1-7-8(2)19-12(17-7)11(16)9-3-5-10(6-4-9)18-13(14)15/h3-6,11,13H,16H2,1-2H3. The lowest BCUT2D eigenvalue weighted by Crippen LogP contribution is -2.11. The van der Waals surface area contributed by atoms with E-state index in [1.54, 1.807) is 23.5 Å². The van der Waals surface area contributed by atoms with Gasteiger partial charge in [-0.15, -0.1) is 11.3 Å². The third-order valence-corrected chi connectivity index (χ3v) is 3.93. The highest BCUT2D eigenvalue weighted by atomic mass is 32.1. The van der Waals surface area contributed by atoms with E-state index in [1.807, 2.05) is 13.8 Å². The third kappa shape index (κ3) is 3.27. The molecule has 0 saturated carbocycles. The minimum absolute atomic E-state index is 0.123. The molecule has 2 aromatic rings. The summed E-state index contributed by atoms with van der Waals surface area (Å²) in [6, 6.07) is 5.96. The van der Waals surface area contributed by atoms with E-state index in [-0.39, 0.29) is 11.8 Å². The Labute approximate surface area is 114 Å². The summed E-state index contributed by atoms with van der Waals surface area (Å²) in [5, 5.41) is 0.817. The smallest absolute Gasteiger partial charge is 0.387 e. The Hall–Kier alpha value is -1.53. The summed E-state index contributed by atoms with van der Waals surface area (Å²) in [4.78, 5) is 5.53. The molecule has 0 amide bonds. The molecule has 6 heteroatoms. The van der Waals surface area contributed by atoms with Crippen molar-refractivity contribution in [2.45, 2.75) is 26.5 Å². The lowest BCUT2D eigenvalue weighted by molar-refractivity contribution is -0.0498. The van der Waals surface area contributed by atoms with Crippen molar-refractivity contribution >= 4 is 11.3 Å². The number of hydrogen-bond donors (Lipinski definition) is 1. The minimum Gasteiger partial charge on any atom is -0.435 e. The number of benzene rings is 1. The Morgan fingerprint density at radius 1 is 1.21 bits per heavy atom. The number of alkyl halides is 2. The molecule has 0 aliphatic heterocycles. The Morgan fingerprint density at radius 2 is 1.84 bits per heavy atom. The first-order valence-corrected chi connectivity index (χ1v) is 6.53. The van der Waals surface area contributed by atoms with Gasteiger partial charge in [0.15, 0.2) is 0 Å². The largest absolute Gasteiger partial charge is 0.435 e. The molecule has 1 heterocycles. The van der Waals surface area contributed by atoms with Crippen LogP contribution in [0.4, 0.5) is 8.78 Å². The quantitative estimate of drug-likeness (QED) is 0.936. The van der Waals surface area contributed by atoms with Gasteiger partial charge in [0, 0.05) is 4.88 Å². The average Bonchev–Trinajstić information content (AvgIpc) is 2.69. The summed E-state index contributed by atoms with van der Waals surface area (Å²) in [6.45, 7) is 1.11. The van der Waals surface area contributed by atoms with Gasteiger partial charge in [-0.25, -0.2) is 4.98 Å². The first kappa shape index (κ1) is 13.9. The van der Waals surface area contributed by atoms with Crippen LogP contribution < -0.4 is 10.5 Å². The number of nitrogens with zero attached hydrogens (tertiary/aromatic N) is 1. The predicted molar refractivity (Wildman–Crippen MR) is 70.7 cm³/mol. The van der Waals surface area contributed by atoms with Crippen LogP contribution in [0.1, 0.15) is 27.2 Å². The molecule has 102 valence electrons. The van der Waals surface area contributed by atoms with Crippen LogP contribution in [-0.2, 0) is 0 Å². The van der Waals surface area contributed by atoms with Crippen molar-refractivity contribution in [2.75, 3.05) is 0 Å². The van der Waals surface area contributed by atoms with Crippen molar-refractivity contribution in [3.8, 4) is 5.75 Å². The number of aromatic nitrogens is 1. The molecule has 1 atom stereocenters. The fraction of sp³-hybridized carbons (Fsp3) is 0.308. The van der Waals surface area contributed by atoms with Gasteiger partial charge in [0.2, 0.25) is 0 Å². The Balaban J connectivity index is 2.17. The van der Waals surface area contributed by atoms with E-state index in [4.69, 9.17) is 5.73 Å². The average molecular weight is 284 g/mol. The van der Waals surface area contributed by atoms with Gasteiger partial charge < -0.3 is 10.5 Å². The Morgan fingerprint density at radius 3 is 2.32 bits per heavy atom. The fourth-order valence-electron chi connectivity index (χ4n) is 1.63. The van der Waals surface area contributed by atoms with Gasteiger partial charge in [-0.2, -0.15) is 8.78 Å². The molecule has 2 rings (SSSR count). The molecule has 1 aromatic carbocycles. The van der Waals surface area contributed by atoms with Crippen LogP contribution in [0.25, 0.3) is 0 Å². The molecule has 2 N–H and O–H groups in total. The van der Waals surface area contributed by atoms with Crippen LogP contribution in [0.3, 0.4) is 0 Å². The number of ether oxygens (including phenoxy) is 1. The highest BCUT2D eigenvalue weighted by molar-refractivity contribution is 7.11. The van der Waals surface area contributed by atoms with Gasteiger partial charge in [0.25, 0.3) is 0 Å². The Bertz CT molecular complexity index is 535. The van der Waals surface area contributed by atoms with Gasteiger partial charge in [-0.1, -0.05) is 12.1 Å². The lowest BCUT2D eigenvalue weighted by atomic mass is 10.1. The molecule has 0 aliphatic carbocycles. The molecular formula is C13H14F2N2OS. The molecule has 3 nitrogen and oxygen atoms in total. The monoisotopic (exact) mass is 284 g/mol. The van der Waals surface area contributed by atoms with E-state index in [1.165, 1.54) is 12.1 Å². The first-order chi connectivity index (χ1) is 8.97. The van der Waals surface area contributed by atoms with Crippen LogP contribution in [0.2, 0.25) is 0 Å². The van der Waals surface area contributed by atoms with E-state index in [2.05, 4.69) is 9.72 Å². The normalized spacial score (nSPS) is 12.7. The van der Waals surface area contributed by atoms with E-state index in [9.17, 15) is 8.78 Å². The molecule has 0 saturated heterocycles. The Kier molecular flexibility index (Phi) is 4.11. The van der Waals surface area contributed by atoms with Gasteiger partial charge >= 0.3 is 6.61 Å². The summed E-state index contributed by atoms with van der Waals surface area (Å²) >= 11 is 1.54. The second-order valence-corrected chi connectivity index (χ2v) is 5.35. The number of aryl methyl sites for hydroxylation is 2. The van der Waals surface area contributed by atoms with Crippen LogP contribution in [0.15, 0.2) is 24.3 Å². The topological polar surface area (TPSA) is 48.1 Å². The maximum atomic E-state index is 12.0. The van der Waals surface area contributed by atoms with Gasteiger partial charge in [-0.05, 0) is 31.5 Å². The molecule has 0 bridgehead atoms. The van der Waals surface area contributed by atoms with Crippen molar-refractivity contribution in [2.24, 2.45) is 5.73 Å². The van der Waals surface area contributed by atoms with Gasteiger partial charge in [0.05, 0.1) is 11.7 Å². The number of thiazole rings is 1. The van der Waals surface area contributed by atoms with E-state index >= 15 is 0 Å². The zero-order chi connectivity index (χ0) is 14.0. The first-order valence-electron chi connectivity index (χ1n) is 5.71. The highest BCUT2D eigenvalue weighted by Gasteiger charge is 2.14. The second kappa shape index (κ2) is 5.63. The second-order valence-electron chi connectivity index (χ2n) is 4.12. The molecule has 0 spiro atoms. The van der Waals surface area contributed by atoms with Crippen molar-refractivity contribution in [1.29, 1.82) is 0 Å². The van der Waals surface area contributed by atoms with Crippen LogP contribution in [0, 0.1) is 13.8 Å². The van der Waals surface area contributed by atoms with E-state index in [0.717, 1.165) is 21.1 Å². The number of nitrogens with two attached hydrogens (primary N) is 1. The van der Waals surface area contributed by atoms with E-state index in [0.29, 0.717) is 0 Å². The lowest BCUT2D eigenvalue weighted by Gasteiger charge is -2.10. The zero-order valence-corrected chi connectivity index (χ0v) is 11.4. The van der Waals surface area contributed by atoms with Crippen molar-refractivity contribution in [3.63, 3.8) is 0 Å². The van der Waals surface area contributed by atoms with Gasteiger partial charge in [0.1, 0.15) is 10.8 Å². The summed E-state index contributed by atoms with van der Waals surface area (Å²) in [7, 11) is 0. The maximum absolute atomic E-state index is 12.0. The molecule has 19 heavy (non-hydrogen) atoms. The summed E-state index contributed by atoms with van der Waals surface area (Å²) in [5.41, 5.74) is 7.89. The predicted octanol–water partition coefficient (Wildman–Crippen LogP) is 3.41. The van der Waals surface area contributed by atoms with Gasteiger partial charge in [-0.3, -0.25) is 0 Å². The highest BCUT2D eigenvalue weighted by Crippen LogP contribution is 2.27. The van der Waals surface area contributed by atoms with Crippen molar-refractivity contribution < 1.29 is 13.5 Å². The van der Waals surface area contributed by atoms with Crippen molar-refractivity contribution in [1.82, 2.24) is 4.98 Å². The summed E-state index contributed by atoms with van der Waals surface area (Å²) < 4.78 is 28.4. The van der Waals surface area contributed by atoms with Crippen molar-refractivity contribution in [3.05, 3.63) is 45.4 Å². The molecule has 0 radical (unpaired) electrons. The fourth-order valence-corrected chi connectivity index (χ4v) is 2.58. The molecule has 0 fully saturated rings. The molecule has 1 unspecified atom stereocenters. The SMILES string of the molecule is Cc1nc(C(N)c2ccc(OC(F)F)cc2)sc1C. The molecule has 0 aliphatic rings. The number of halogens is 2. The molecular weight excluding hydrogens is 270 g/mol. The number of rotatable bonds is 4. The third-order valence-electron chi connectivity index (χ3n) is 2.78. The van der Waals surface area contributed by atoms with Crippen LogP contribution >= 0.6 is 11.3 Å². The maximum Gasteiger partial charge on any atom is 0.387 e. The van der Waals surface area contributed by atoms with E-state index < -0.39 is 6.61 Å². The number of hydrogen-bond acceptors (Lipinski definition) is 4. The minimum atomic E-state index is -2.82. The van der Waals surface area contributed by atoms with Crippen LogP contribution in [0.5, 0.6) is 5.75 Å². The summed E-state index contributed by atoms with van der Waals surface area (Å²) in [6.07, 6.45) is 0. The zero-order valence-electron chi connectivity index (χ0n) is 10.6.